The molecule has 3 unspecified atom stereocenters. The minimum atomic E-state index is -4.35. The molecule has 0 aromatic rings. The molecule has 0 radical (unpaired) electrons. The van der Waals surface area contributed by atoms with Gasteiger partial charge in [-0.05, 0) is 70.6 Å². The number of nitrogens with one attached hydrogen (secondary N) is 1. The molecule has 0 aromatic heterocycles. The molecule has 352 valence electrons. The van der Waals surface area contributed by atoms with Gasteiger partial charge in [0.2, 0.25) is 5.91 Å². The van der Waals surface area contributed by atoms with Crippen molar-refractivity contribution in [3.63, 3.8) is 0 Å². The van der Waals surface area contributed by atoms with E-state index in [4.69, 9.17) is 9.05 Å². The van der Waals surface area contributed by atoms with E-state index in [1.54, 1.807) is 6.08 Å². The molecule has 8 nitrogen and oxygen atoms in total. The van der Waals surface area contributed by atoms with Gasteiger partial charge in [-0.15, -0.1) is 0 Å². The molecule has 0 fully saturated rings. The Morgan fingerprint density at radius 3 is 1.33 bits per heavy atom. The fourth-order valence-corrected chi connectivity index (χ4v) is 7.74. The van der Waals surface area contributed by atoms with E-state index in [2.05, 4.69) is 55.6 Å². The SMILES string of the molecule is CCCCCCC/C=C/CC/C=C/CC/C=C/C(O)C(COP(=O)(O)OCC[N+](C)(C)C)NC(=O)CCCCCCCCC/C=C\CCCCCCCCCCCCCC. The zero-order valence-corrected chi connectivity index (χ0v) is 40.8. The van der Waals surface area contributed by atoms with Crippen LogP contribution in [0.2, 0.25) is 0 Å². The molecule has 1 amide bonds. The average Bonchev–Trinajstić information content (AvgIpc) is 3.20. The van der Waals surface area contributed by atoms with Gasteiger partial charge in [-0.1, -0.05) is 191 Å². The van der Waals surface area contributed by atoms with Crippen LogP contribution in [0.5, 0.6) is 0 Å². The number of hydrogen-bond donors (Lipinski definition) is 3. The van der Waals surface area contributed by atoms with E-state index in [9.17, 15) is 19.4 Å². The molecule has 3 atom stereocenters. The normalized spacial score (nSPS) is 14.6. The summed E-state index contributed by atoms with van der Waals surface area (Å²) in [5.74, 6) is -0.196. The lowest BCUT2D eigenvalue weighted by atomic mass is 10.0. The van der Waals surface area contributed by atoms with Crippen molar-refractivity contribution in [2.75, 3.05) is 40.9 Å². The molecular formula is C51H98N2O6P+. The van der Waals surface area contributed by atoms with E-state index in [1.165, 1.54) is 154 Å². The Hall–Kier alpha value is -1.54. The first-order chi connectivity index (χ1) is 29.0. The number of aliphatic hydroxyl groups excluding tert-OH is 1. The molecule has 60 heavy (non-hydrogen) atoms. The maximum Gasteiger partial charge on any atom is 0.472 e. The van der Waals surface area contributed by atoms with Crippen molar-refractivity contribution < 1.29 is 32.9 Å². The number of nitrogens with zero attached hydrogens (tertiary/aromatic N) is 1. The zero-order valence-electron chi connectivity index (χ0n) is 39.9. The lowest BCUT2D eigenvalue weighted by Gasteiger charge is -2.25. The van der Waals surface area contributed by atoms with Gasteiger partial charge in [0.25, 0.3) is 0 Å². The number of phosphoric ester groups is 1. The number of phosphoric acid groups is 1. The predicted octanol–water partition coefficient (Wildman–Crippen LogP) is 14.4. The van der Waals surface area contributed by atoms with Crippen LogP contribution in [0.3, 0.4) is 0 Å². The highest BCUT2D eigenvalue weighted by atomic mass is 31.2. The van der Waals surface area contributed by atoms with E-state index in [0.717, 1.165) is 44.9 Å². The van der Waals surface area contributed by atoms with E-state index in [1.807, 2.05) is 27.2 Å². The summed E-state index contributed by atoms with van der Waals surface area (Å²) in [5, 5.41) is 13.8. The minimum absolute atomic E-state index is 0.0519. The van der Waals surface area contributed by atoms with Crippen LogP contribution in [-0.2, 0) is 18.4 Å². The Morgan fingerprint density at radius 1 is 0.550 bits per heavy atom. The van der Waals surface area contributed by atoms with Gasteiger partial charge in [0.1, 0.15) is 13.2 Å². The van der Waals surface area contributed by atoms with Crippen molar-refractivity contribution in [1.29, 1.82) is 0 Å². The highest BCUT2D eigenvalue weighted by Crippen LogP contribution is 2.43. The van der Waals surface area contributed by atoms with Crippen LogP contribution in [0.25, 0.3) is 0 Å². The number of rotatable bonds is 45. The molecule has 0 rings (SSSR count). The lowest BCUT2D eigenvalue weighted by Crippen LogP contribution is -2.45. The molecule has 0 aromatic carbocycles. The van der Waals surface area contributed by atoms with E-state index >= 15 is 0 Å². The van der Waals surface area contributed by atoms with Crippen LogP contribution in [0.15, 0.2) is 48.6 Å². The second kappa shape index (κ2) is 42.7. The minimum Gasteiger partial charge on any atom is -0.387 e. The Bertz CT molecular complexity index is 1120. The number of carbonyl (C=O) groups excluding carboxylic acids is 1. The summed E-state index contributed by atoms with van der Waals surface area (Å²) in [4.78, 5) is 23.2. The number of quaternary nitrogens is 1. The molecule has 0 heterocycles. The standard InChI is InChI=1S/C51H97N2O6P/c1-6-8-10-12-14-16-18-20-22-23-24-25-26-27-28-29-31-33-35-37-39-41-43-45-51(55)52-49(48-59-60(56,57)58-47-46-53(3,4)5)50(54)44-42-40-38-36-34-32-30-21-19-17-15-13-11-9-7-2/h19,21,27-28,34,36,42,44,49-50,54H,6-18,20,22-26,29-33,35,37-41,43,45-48H2,1-5H3,(H-,52,55,56,57)/p+1/b21-19+,28-27-,36-34+,44-42+. The summed E-state index contributed by atoms with van der Waals surface area (Å²) in [5.41, 5.74) is 0. The van der Waals surface area contributed by atoms with Crippen molar-refractivity contribution in [3.8, 4) is 0 Å². The number of allylic oxidation sites excluding steroid dienone is 7. The molecular weight excluding hydrogens is 768 g/mol. The monoisotopic (exact) mass is 866 g/mol. The molecule has 9 heteroatoms. The molecule has 3 N–H and O–H groups in total. The summed E-state index contributed by atoms with van der Waals surface area (Å²) < 4.78 is 23.6. The third-order valence-electron chi connectivity index (χ3n) is 11.0. The summed E-state index contributed by atoms with van der Waals surface area (Å²) in [7, 11) is 1.54. The number of amides is 1. The maximum atomic E-state index is 12.9. The molecule has 0 aliphatic heterocycles. The number of unbranched alkanes of at least 4 members (excludes halogenated alkanes) is 26. The van der Waals surface area contributed by atoms with Crippen molar-refractivity contribution in [3.05, 3.63) is 48.6 Å². The van der Waals surface area contributed by atoms with Gasteiger partial charge in [-0.2, -0.15) is 0 Å². The second-order valence-corrected chi connectivity index (χ2v) is 19.6. The third kappa shape index (κ3) is 44.5. The number of carbonyl (C=O) groups is 1. The fourth-order valence-electron chi connectivity index (χ4n) is 7.01. The highest BCUT2D eigenvalue weighted by Gasteiger charge is 2.27. The quantitative estimate of drug-likeness (QED) is 0.0244. The van der Waals surface area contributed by atoms with Crippen LogP contribution in [-0.4, -0.2) is 73.4 Å². The summed E-state index contributed by atoms with van der Waals surface area (Å²) >= 11 is 0. The van der Waals surface area contributed by atoms with Crippen LogP contribution in [0.4, 0.5) is 0 Å². The Labute approximate surface area is 371 Å². The molecule has 0 spiro atoms. The first-order valence-electron chi connectivity index (χ1n) is 25.0. The first kappa shape index (κ1) is 58.5. The van der Waals surface area contributed by atoms with Crippen LogP contribution < -0.4 is 5.32 Å². The number of hydrogen-bond acceptors (Lipinski definition) is 5. The smallest absolute Gasteiger partial charge is 0.387 e. The summed E-state index contributed by atoms with van der Waals surface area (Å²) in [6.07, 6.45) is 54.8. The third-order valence-corrected chi connectivity index (χ3v) is 12.0. The van der Waals surface area contributed by atoms with Crippen molar-refractivity contribution in [1.82, 2.24) is 5.32 Å². The Kier molecular flexibility index (Phi) is 41.6. The van der Waals surface area contributed by atoms with Gasteiger partial charge in [0.15, 0.2) is 0 Å². The van der Waals surface area contributed by atoms with Gasteiger partial charge in [0, 0.05) is 6.42 Å². The van der Waals surface area contributed by atoms with Gasteiger partial charge < -0.3 is 19.8 Å². The Morgan fingerprint density at radius 2 is 0.917 bits per heavy atom. The fraction of sp³-hybridized carbons (Fsp3) is 0.824. The first-order valence-corrected chi connectivity index (χ1v) is 26.5. The topological polar surface area (TPSA) is 105 Å². The molecule has 0 bridgehead atoms. The summed E-state index contributed by atoms with van der Waals surface area (Å²) in [6.45, 7) is 4.77. The van der Waals surface area contributed by atoms with Crippen molar-refractivity contribution in [2.45, 2.75) is 231 Å². The molecule has 0 saturated heterocycles. The maximum absolute atomic E-state index is 12.9. The van der Waals surface area contributed by atoms with Gasteiger partial charge in [0.05, 0.1) is 39.9 Å². The highest BCUT2D eigenvalue weighted by molar-refractivity contribution is 7.47. The summed E-state index contributed by atoms with van der Waals surface area (Å²) in [6, 6.07) is -0.871. The van der Waals surface area contributed by atoms with Gasteiger partial charge in [-0.3, -0.25) is 13.8 Å². The van der Waals surface area contributed by atoms with Crippen molar-refractivity contribution >= 4 is 13.7 Å². The second-order valence-electron chi connectivity index (χ2n) is 18.2. The average molecular weight is 866 g/mol. The van der Waals surface area contributed by atoms with E-state index in [-0.39, 0.29) is 19.1 Å². The van der Waals surface area contributed by atoms with Gasteiger partial charge in [-0.25, -0.2) is 4.57 Å². The number of likely N-dealkylation sites (N-methyl/N-ethyl adjacent to an activating group) is 1. The molecule has 0 saturated carbocycles. The molecule has 0 aliphatic rings. The van der Waals surface area contributed by atoms with Crippen molar-refractivity contribution in [2.24, 2.45) is 0 Å². The zero-order chi connectivity index (χ0) is 44.3. The van der Waals surface area contributed by atoms with Crippen LogP contribution in [0, 0.1) is 0 Å². The lowest BCUT2D eigenvalue weighted by molar-refractivity contribution is -0.870. The van der Waals surface area contributed by atoms with Crippen LogP contribution >= 0.6 is 7.82 Å². The van der Waals surface area contributed by atoms with E-state index < -0.39 is 20.0 Å². The van der Waals surface area contributed by atoms with Gasteiger partial charge >= 0.3 is 7.82 Å². The predicted molar refractivity (Wildman–Crippen MR) is 258 cm³/mol. The Balaban J connectivity index is 4.34. The largest absolute Gasteiger partial charge is 0.472 e. The van der Waals surface area contributed by atoms with Crippen LogP contribution in [0.1, 0.15) is 219 Å². The van der Waals surface area contributed by atoms with E-state index in [0.29, 0.717) is 17.4 Å². The molecule has 0 aliphatic carbocycles. The number of aliphatic hydroxyl groups is 1.